The summed E-state index contributed by atoms with van der Waals surface area (Å²) in [6.45, 7) is 31.4. The molecule has 0 aliphatic carbocycles. The molecule has 0 aliphatic rings. The fraction of sp³-hybridized carbons (Fsp3) is 0.571. The van der Waals surface area contributed by atoms with Crippen LogP contribution >= 0.6 is 0 Å². The summed E-state index contributed by atoms with van der Waals surface area (Å²) in [4.78, 5) is 9.25. The number of benzene rings is 2. The lowest BCUT2D eigenvalue weighted by atomic mass is 9.73. The molecule has 3 N–H and O–H groups in total. The van der Waals surface area contributed by atoms with Crippen molar-refractivity contribution in [2.45, 2.75) is 130 Å². The van der Waals surface area contributed by atoms with Gasteiger partial charge in [0.1, 0.15) is 11.5 Å². The Hall–Kier alpha value is -2.75. The molecule has 0 bridgehead atoms. The van der Waals surface area contributed by atoms with E-state index in [1.54, 1.807) is 0 Å². The summed E-state index contributed by atoms with van der Waals surface area (Å²) in [5.41, 5.74) is 5.75. The number of hydrogen-bond donors (Lipinski definition) is 3. The van der Waals surface area contributed by atoms with Crippen LogP contribution in [0.4, 0.5) is 0 Å². The first-order valence-electron chi connectivity index (χ1n) is 14.1. The average molecular weight is 539 g/mol. The largest absolute Gasteiger partial charge is 0.507 e. The molecule has 2 aromatic rings. The normalized spacial score (nSPS) is 12.7. The summed E-state index contributed by atoms with van der Waals surface area (Å²) in [6, 6.07) is 8.72. The Bertz CT molecular complexity index is 1080. The molecule has 0 aromatic heterocycles. The molecule has 0 heterocycles. The molecular formula is C35H54O4. The predicted octanol–water partition coefficient (Wildman–Crippen LogP) is 9.48. The molecule has 0 aliphatic heterocycles. The molecule has 2 aromatic carbocycles. The van der Waals surface area contributed by atoms with E-state index in [1.165, 1.54) is 11.1 Å². The van der Waals surface area contributed by atoms with Gasteiger partial charge in [-0.05, 0) is 50.3 Å². The summed E-state index contributed by atoms with van der Waals surface area (Å²) in [5, 5.41) is 30.9. The Balaban J connectivity index is 0.00000139. The molecule has 0 spiro atoms. The van der Waals surface area contributed by atoms with Crippen LogP contribution in [-0.2, 0) is 26.5 Å². The molecule has 0 saturated heterocycles. The highest BCUT2D eigenvalue weighted by atomic mass is 16.4. The highest BCUT2D eigenvalue weighted by molar-refractivity contribution is 5.78. The van der Waals surface area contributed by atoms with Gasteiger partial charge in [0.05, 0.1) is 0 Å². The van der Waals surface area contributed by atoms with Crippen LogP contribution in [0.3, 0.4) is 0 Å². The number of aliphatic carboxylic acids is 1. The van der Waals surface area contributed by atoms with Crippen LogP contribution in [0.1, 0.15) is 142 Å². The number of carboxylic acid groups (broad SMARTS) is 1. The van der Waals surface area contributed by atoms with Crippen molar-refractivity contribution in [2.75, 3.05) is 0 Å². The minimum Gasteiger partial charge on any atom is -0.507 e. The van der Waals surface area contributed by atoms with Crippen molar-refractivity contribution in [3.8, 4) is 11.5 Å². The molecular weight excluding hydrogens is 484 g/mol. The predicted molar refractivity (Wildman–Crippen MR) is 166 cm³/mol. The first kappa shape index (κ1) is 34.3. The highest BCUT2D eigenvalue weighted by Gasteiger charge is 2.32. The maximum absolute atomic E-state index is 11.6. The number of carboxylic acids is 1. The van der Waals surface area contributed by atoms with E-state index in [9.17, 15) is 15.0 Å². The van der Waals surface area contributed by atoms with Gasteiger partial charge in [-0.2, -0.15) is 0 Å². The number of phenols is 2. The minimum absolute atomic E-state index is 0.0505. The second kappa shape index (κ2) is 12.2. The zero-order valence-corrected chi connectivity index (χ0v) is 26.8. The van der Waals surface area contributed by atoms with Crippen molar-refractivity contribution in [3.05, 3.63) is 70.3 Å². The Labute approximate surface area is 238 Å². The topological polar surface area (TPSA) is 77.8 Å². The van der Waals surface area contributed by atoms with E-state index in [2.05, 4.69) is 121 Å². The van der Waals surface area contributed by atoms with E-state index in [1.807, 2.05) is 0 Å². The highest BCUT2D eigenvalue weighted by Crippen LogP contribution is 2.48. The fourth-order valence-corrected chi connectivity index (χ4v) is 4.62. The fourth-order valence-electron chi connectivity index (χ4n) is 4.62. The Kier molecular flexibility index (Phi) is 10.7. The van der Waals surface area contributed by atoms with Crippen LogP contribution in [0.5, 0.6) is 11.5 Å². The maximum atomic E-state index is 11.6. The third-order valence-electron chi connectivity index (χ3n) is 7.13. The number of carbonyl (C=O) groups is 1. The van der Waals surface area contributed by atoms with Crippen LogP contribution in [0.15, 0.2) is 36.9 Å². The van der Waals surface area contributed by atoms with Crippen molar-refractivity contribution in [2.24, 2.45) is 0 Å². The zero-order chi connectivity index (χ0) is 30.7. The van der Waals surface area contributed by atoms with E-state index in [-0.39, 0.29) is 27.6 Å². The molecule has 0 atom stereocenters. The lowest BCUT2D eigenvalue weighted by molar-refractivity contribution is -0.131. The lowest BCUT2D eigenvalue weighted by Gasteiger charge is -2.32. The number of rotatable bonds is 5. The van der Waals surface area contributed by atoms with Gasteiger partial charge in [0.25, 0.3) is 0 Å². The first-order chi connectivity index (χ1) is 17.5. The molecule has 218 valence electrons. The molecule has 4 heteroatoms. The molecule has 0 amide bonds. The molecule has 0 fully saturated rings. The van der Waals surface area contributed by atoms with Crippen LogP contribution in [0.25, 0.3) is 0 Å². The lowest BCUT2D eigenvalue weighted by Crippen LogP contribution is -2.20. The van der Waals surface area contributed by atoms with Crippen molar-refractivity contribution < 1.29 is 20.1 Å². The molecule has 0 saturated carbocycles. The van der Waals surface area contributed by atoms with Gasteiger partial charge < -0.3 is 15.3 Å². The Morgan fingerprint density at radius 2 is 1.03 bits per heavy atom. The van der Waals surface area contributed by atoms with Crippen LogP contribution < -0.4 is 0 Å². The third kappa shape index (κ3) is 8.88. The van der Waals surface area contributed by atoms with E-state index in [4.69, 9.17) is 5.11 Å². The zero-order valence-electron chi connectivity index (χ0n) is 26.8. The van der Waals surface area contributed by atoms with E-state index < -0.39 is 5.97 Å². The Morgan fingerprint density at radius 1 is 0.718 bits per heavy atom. The SMILES string of the molecule is C=CC(=O)O.CCCC(c1cc(C(C)(C)C)cc(C(C)(C)C)c1O)c1cc(C(C)(C)C)cc(C(C)(C)C)c1O. The van der Waals surface area contributed by atoms with Crippen LogP contribution in [-0.4, -0.2) is 21.3 Å². The quantitative estimate of drug-likeness (QED) is 0.331. The van der Waals surface area contributed by atoms with Gasteiger partial charge in [0, 0.05) is 23.1 Å². The van der Waals surface area contributed by atoms with Crippen molar-refractivity contribution in [1.29, 1.82) is 0 Å². The van der Waals surface area contributed by atoms with Gasteiger partial charge in [-0.15, -0.1) is 0 Å². The standard InChI is InChI=1S/C32H50O2.C3H4O2/c1-14-15-22(23-16-20(29(2,3)4)18-25(27(23)33)31(8,9)10)24-17-21(30(5,6)7)19-26(28(24)34)32(11,12)13;1-2-3(4)5/h16-19,22,33-34H,14-15H2,1-13H3;2H,1H2,(H,4,5). The molecule has 39 heavy (non-hydrogen) atoms. The first-order valence-corrected chi connectivity index (χ1v) is 14.1. The van der Waals surface area contributed by atoms with Gasteiger partial charge in [-0.3, -0.25) is 0 Å². The van der Waals surface area contributed by atoms with E-state index in [0.717, 1.165) is 41.2 Å². The smallest absolute Gasteiger partial charge is 0.327 e. The monoisotopic (exact) mass is 538 g/mol. The number of phenolic OH excluding ortho intramolecular Hbond substituents is 2. The van der Waals surface area contributed by atoms with Gasteiger partial charge in [-0.1, -0.05) is 127 Å². The summed E-state index contributed by atoms with van der Waals surface area (Å²) in [5.74, 6) is -0.324. The molecule has 2 rings (SSSR count). The second-order valence-electron chi connectivity index (χ2n) is 14.8. The minimum atomic E-state index is -0.981. The molecule has 0 unspecified atom stereocenters. The van der Waals surface area contributed by atoms with Crippen LogP contribution in [0.2, 0.25) is 0 Å². The summed E-state index contributed by atoms with van der Waals surface area (Å²) in [6.07, 6.45) is 2.65. The summed E-state index contributed by atoms with van der Waals surface area (Å²) < 4.78 is 0. The second-order valence-corrected chi connectivity index (χ2v) is 14.8. The summed E-state index contributed by atoms with van der Waals surface area (Å²) in [7, 11) is 0. The maximum Gasteiger partial charge on any atom is 0.327 e. The number of aromatic hydroxyl groups is 2. The summed E-state index contributed by atoms with van der Waals surface area (Å²) >= 11 is 0. The van der Waals surface area contributed by atoms with Crippen molar-refractivity contribution in [1.82, 2.24) is 0 Å². The van der Waals surface area contributed by atoms with Crippen LogP contribution in [0, 0.1) is 0 Å². The van der Waals surface area contributed by atoms with Gasteiger partial charge in [-0.25, -0.2) is 4.79 Å². The molecule has 0 radical (unpaired) electrons. The van der Waals surface area contributed by atoms with Crippen molar-refractivity contribution in [3.63, 3.8) is 0 Å². The average Bonchev–Trinajstić information content (AvgIpc) is 2.75. The van der Waals surface area contributed by atoms with E-state index >= 15 is 0 Å². The van der Waals surface area contributed by atoms with Gasteiger partial charge in [0.15, 0.2) is 0 Å². The van der Waals surface area contributed by atoms with Crippen molar-refractivity contribution >= 4 is 5.97 Å². The third-order valence-corrected chi connectivity index (χ3v) is 7.13. The van der Waals surface area contributed by atoms with Gasteiger partial charge in [0.2, 0.25) is 0 Å². The van der Waals surface area contributed by atoms with E-state index in [0.29, 0.717) is 11.5 Å². The van der Waals surface area contributed by atoms with Gasteiger partial charge >= 0.3 is 5.97 Å². The number of hydrogen-bond acceptors (Lipinski definition) is 3. The Morgan fingerprint density at radius 3 is 1.23 bits per heavy atom. The molecule has 4 nitrogen and oxygen atoms in total.